The van der Waals surface area contributed by atoms with Crippen LogP contribution in [0.25, 0.3) is 0 Å². The normalized spacial score (nSPS) is 30.9. The molecule has 0 aliphatic heterocycles. The second kappa shape index (κ2) is 3.89. The molecule has 1 aromatic rings. The Morgan fingerprint density at radius 2 is 2.06 bits per heavy atom. The van der Waals surface area contributed by atoms with Crippen molar-refractivity contribution in [3.8, 4) is 0 Å². The largest absolute Gasteiger partial charge is 0.388 e. The Hall–Kier alpha value is -0.820. The third-order valence-corrected chi connectivity index (χ3v) is 4.41. The van der Waals surface area contributed by atoms with Crippen molar-refractivity contribution >= 4 is 0 Å². The fourth-order valence-corrected chi connectivity index (χ4v) is 2.78. The Labute approximate surface area is 97.5 Å². The van der Waals surface area contributed by atoms with Gasteiger partial charge in [0.2, 0.25) is 0 Å². The van der Waals surface area contributed by atoms with Crippen molar-refractivity contribution in [3.05, 3.63) is 35.4 Å². The second-order valence-corrected chi connectivity index (χ2v) is 5.62. The molecule has 0 radical (unpaired) electrons. The molecule has 1 aromatic carbocycles. The van der Waals surface area contributed by atoms with Gasteiger partial charge in [-0.15, -0.1) is 0 Å². The van der Waals surface area contributed by atoms with E-state index in [1.54, 1.807) is 0 Å². The van der Waals surface area contributed by atoms with Gasteiger partial charge in [0.05, 0.1) is 6.10 Å². The number of aliphatic hydroxyl groups is 1. The summed E-state index contributed by atoms with van der Waals surface area (Å²) < 4.78 is 0. The molecule has 0 amide bonds. The summed E-state index contributed by atoms with van der Waals surface area (Å²) in [4.78, 5) is 0. The lowest BCUT2D eigenvalue weighted by molar-refractivity contribution is 0.148. The fourth-order valence-electron chi connectivity index (χ4n) is 2.78. The van der Waals surface area contributed by atoms with Crippen LogP contribution >= 0.6 is 0 Å². The smallest absolute Gasteiger partial charge is 0.0820 e. The zero-order chi connectivity index (χ0) is 11.1. The van der Waals surface area contributed by atoms with Gasteiger partial charge in [-0.05, 0) is 48.1 Å². The maximum atomic E-state index is 10.2. The van der Waals surface area contributed by atoms with E-state index in [2.05, 4.69) is 31.2 Å². The zero-order valence-electron chi connectivity index (χ0n) is 9.89. The number of benzene rings is 1. The molecule has 0 aromatic heterocycles. The molecular formula is C15H20O. The molecule has 16 heavy (non-hydrogen) atoms. The molecule has 2 fully saturated rings. The van der Waals surface area contributed by atoms with Crippen molar-refractivity contribution in [2.45, 2.75) is 44.6 Å². The van der Waals surface area contributed by atoms with E-state index >= 15 is 0 Å². The maximum absolute atomic E-state index is 10.2. The molecular weight excluding hydrogens is 196 g/mol. The van der Waals surface area contributed by atoms with Crippen LogP contribution in [-0.4, -0.2) is 5.11 Å². The van der Waals surface area contributed by atoms with Gasteiger partial charge in [-0.3, -0.25) is 0 Å². The van der Waals surface area contributed by atoms with Crippen molar-refractivity contribution in [3.63, 3.8) is 0 Å². The highest BCUT2D eigenvalue weighted by Gasteiger charge is 2.39. The number of hydrogen-bond acceptors (Lipinski definition) is 1. The van der Waals surface area contributed by atoms with Gasteiger partial charge in [0, 0.05) is 0 Å². The van der Waals surface area contributed by atoms with Crippen LogP contribution in [0.2, 0.25) is 0 Å². The number of hydrogen-bond donors (Lipinski definition) is 1. The topological polar surface area (TPSA) is 20.2 Å². The molecule has 86 valence electrons. The minimum absolute atomic E-state index is 0.227. The van der Waals surface area contributed by atoms with Crippen molar-refractivity contribution in [1.82, 2.24) is 0 Å². The molecule has 1 heteroatoms. The molecule has 1 N–H and O–H groups in total. The molecule has 0 heterocycles. The van der Waals surface area contributed by atoms with Crippen LogP contribution in [-0.2, 0) is 0 Å². The monoisotopic (exact) mass is 216 g/mol. The van der Waals surface area contributed by atoms with Crippen LogP contribution in [0.3, 0.4) is 0 Å². The quantitative estimate of drug-likeness (QED) is 0.817. The van der Waals surface area contributed by atoms with Crippen LogP contribution in [0.4, 0.5) is 0 Å². The number of aliphatic hydroxyl groups excluding tert-OH is 1. The first-order valence-electron chi connectivity index (χ1n) is 6.53. The zero-order valence-corrected chi connectivity index (χ0v) is 9.89. The molecule has 0 spiro atoms. The van der Waals surface area contributed by atoms with Crippen LogP contribution in [0.5, 0.6) is 0 Å². The predicted octanol–water partition coefficient (Wildman–Crippen LogP) is 3.64. The van der Waals surface area contributed by atoms with E-state index in [1.807, 2.05) is 0 Å². The van der Waals surface area contributed by atoms with E-state index in [4.69, 9.17) is 0 Å². The van der Waals surface area contributed by atoms with Gasteiger partial charge < -0.3 is 5.11 Å². The van der Waals surface area contributed by atoms with Crippen LogP contribution in [0.15, 0.2) is 24.3 Å². The lowest BCUT2D eigenvalue weighted by atomic mass is 9.79. The van der Waals surface area contributed by atoms with Gasteiger partial charge in [0.25, 0.3) is 0 Å². The van der Waals surface area contributed by atoms with Gasteiger partial charge in [-0.25, -0.2) is 0 Å². The first-order chi connectivity index (χ1) is 7.75. The Bertz CT molecular complexity index is 381. The van der Waals surface area contributed by atoms with E-state index < -0.39 is 0 Å². The molecule has 3 rings (SSSR count). The Morgan fingerprint density at radius 3 is 2.62 bits per heavy atom. The minimum atomic E-state index is -0.227. The van der Waals surface area contributed by atoms with Gasteiger partial charge in [-0.1, -0.05) is 37.6 Å². The summed E-state index contributed by atoms with van der Waals surface area (Å²) >= 11 is 0. The highest BCUT2D eigenvalue weighted by Crippen LogP contribution is 2.47. The Morgan fingerprint density at radius 1 is 1.31 bits per heavy atom. The van der Waals surface area contributed by atoms with Gasteiger partial charge in [0.15, 0.2) is 0 Å². The summed E-state index contributed by atoms with van der Waals surface area (Å²) in [6.45, 7) is 2.23. The van der Waals surface area contributed by atoms with E-state index in [1.165, 1.54) is 31.2 Å². The summed E-state index contributed by atoms with van der Waals surface area (Å²) in [5.74, 6) is 1.99. The van der Waals surface area contributed by atoms with E-state index in [-0.39, 0.29) is 6.10 Å². The second-order valence-electron chi connectivity index (χ2n) is 5.62. The van der Waals surface area contributed by atoms with E-state index in [9.17, 15) is 5.11 Å². The summed E-state index contributed by atoms with van der Waals surface area (Å²) in [6, 6.07) is 8.65. The number of rotatable bonds is 3. The lowest BCUT2D eigenvalue weighted by Gasteiger charge is -2.26. The summed E-state index contributed by atoms with van der Waals surface area (Å²) in [6.07, 6.45) is 5.00. The first-order valence-corrected chi connectivity index (χ1v) is 6.53. The molecule has 2 aliphatic carbocycles. The van der Waals surface area contributed by atoms with Crippen molar-refractivity contribution in [2.75, 3.05) is 0 Å². The Balaban J connectivity index is 1.78. The van der Waals surface area contributed by atoms with Crippen molar-refractivity contribution in [2.24, 2.45) is 11.8 Å². The average Bonchev–Trinajstić information content (AvgIpc) is 2.92. The first kappa shape index (κ1) is 10.3. The summed E-state index contributed by atoms with van der Waals surface area (Å²) in [7, 11) is 0. The van der Waals surface area contributed by atoms with E-state index in [0.717, 1.165) is 11.5 Å². The van der Waals surface area contributed by atoms with Crippen LogP contribution in [0, 0.1) is 11.8 Å². The molecule has 0 saturated heterocycles. The SMILES string of the molecule is CC1CC1C(O)c1cccc(C2CCC2)c1. The van der Waals surface area contributed by atoms with Crippen molar-refractivity contribution < 1.29 is 5.11 Å². The Kier molecular flexibility index (Phi) is 2.51. The van der Waals surface area contributed by atoms with Gasteiger partial charge in [0.1, 0.15) is 0 Å². The molecule has 2 aliphatic rings. The summed E-state index contributed by atoms with van der Waals surface area (Å²) in [5, 5.41) is 10.2. The summed E-state index contributed by atoms with van der Waals surface area (Å²) in [5.41, 5.74) is 2.58. The maximum Gasteiger partial charge on any atom is 0.0820 e. The third kappa shape index (κ3) is 1.78. The molecule has 1 nitrogen and oxygen atoms in total. The molecule has 3 unspecified atom stereocenters. The predicted molar refractivity (Wildman–Crippen MR) is 65.3 cm³/mol. The molecule has 0 bridgehead atoms. The highest BCUT2D eigenvalue weighted by atomic mass is 16.3. The van der Waals surface area contributed by atoms with Crippen LogP contribution in [0.1, 0.15) is 55.8 Å². The highest BCUT2D eigenvalue weighted by molar-refractivity contribution is 5.30. The standard InChI is InChI=1S/C15H20O/c1-10-8-14(10)15(16)13-7-3-6-12(9-13)11-4-2-5-11/h3,6-7,9-11,14-16H,2,4-5,8H2,1H3. The van der Waals surface area contributed by atoms with E-state index in [0.29, 0.717) is 11.8 Å². The molecule has 3 atom stereocenters. The van der Waals surface area contributed by atoms with Gasteiger partial charge >= 0.3 is 0 Å². The average molecular weight is 216 g/mol. The third-order valence-electron chi connectivity index (χ3n) is 4.41. The molecule has 2 saturated carbocycles. The van der Waals surface area contributed by atoms with Crippen molar-refractivity contribution in [1.29, 1.82) is 0 Å². The fraction of sp³-hybridized carbons (Fsp3) is 0.600. The minimum Gasteiger partial charge on any atom is -0.388 e. The lowest BCUT2D eigenvalue weighted by Crippen LogP contribution is -2.10. The van der Waals surface area contributed by atoms with Crippen LogP contribution < -0.4 is 0 Å². The van der Waals surface area contributed by atoms with Gasteiger partial charge in [-0.2, -0.15) is 0 Å².